The second kappa shape index (κ2) is 8.22. The van der Waals surface area contributed by atoms with Crippen LogP contribution in [0, 0.1) is 0 Å². The Balaban J connectivity index is 2.06. The zero-order chi connectivity index (χ0) is 15.9. The maximum atomic E-state index is 12.4. The van der Waals surface area contributed by atoms with Gasteiger partial charge in [0.15, 0.2) is 0 Å². The smallest absolute Gasteiger partial charge is 0.253 e. The van der Waals surface area contributed by atoms with E-state index >= 15 is 0 Å². The molecular weight excluding hydrogens is 372 g/mol. The van der Waals surface area contributed by atoms with Crippen LogP contribution in [0.25, 0.3) is 0 Å². The molecule has 1 aliphatic rings. The highest BCUT2D eigenvalue weighted by atomic mass is 79.9. The van der Waals surface area contributed by atoms with Crippen LogP contribution in [0.4, 0.5) is 0 Å². The van der Waals surface area contributed by atoms with Crippen LogP contribution in [0.1, 0.15) is 23.2 Å². The van der Waals surface area contributed by atoms with Gasteiger partial charge in [0, 0.05) is 10.5 Å². The van der Waals surface area contributed by atoms with E-state index in [4.69, 9.17) is 22.2 Å². The number of amides is 1. The van der Waals surface area contributed by atoms with Gasteiger partial charge in [0.2, 0.25) is 0 Å². The van der Waals surface area contributed by atoms with Gasteiger partial charge in [-0.15, -0.1) is 0 Å². The molecule has 1 amide bonds. The van der Waals surface area contributed by atoms with Crippen LogP contribution in [-0.2, 0) is 9.78 Å². The number of nitrogens with two attached hydrogens (primary N) is 1. The average molecular weight is 388 g/mol. The standard InChI is InChI=1S/C15H16BrClN2O3/c16-11-1-2-14(17)13(8-11)15(20)19-12(3-5-18)7-10-4-6-21-22-9-10/h1-2,4,6,8-9,12H,3,5,7,18H2,(H,19,20). The van der Waals surface area contributed by atoms with Crippen LogP contribution in [0.5, 0.6) is 0 Å². The van der Waals surface area contributed by atoms with Gasteiger partial charge in [0.25, 0.3) is 5.91 Å². The topological polar surface area (TPSA) is 73.6 Å². The molecule has 0 bridgehead atoms. The van der Waals surface area contributed by atoms with E-state index in [1.165, 1.54) is 12.5 Å². The molecule has 1 aliphatic heterocycles. The Hall–Kier alpha value is -1.50. The van der Waals surface area contributed by atoms with E-state index in [9.17, 15) is 4.79 Å². The number of rotatable bonds is 6. The molecule has 7 heteroatoms. The first-order valence-corrected chi connectivity index (χ1v) is 7.91. The number of hydrogen-bond acceptors (Lipinski definition) is 4. The fourth-order valence-electron chi connectivity index (χ4n) is 2.04. The van der Waals surface area contributed by atoms with Crippen molar-refractivity contribution in [1.82, 2.24) is 5.32 Å². The first-order chi connectivity index (χ1) is 10.6. The molecule has 22 heavy (non-hydrogen) atoms. The average Bonchev–Trinajstić information content (AvgIpc) is 2.51. The molecule has 0 saturated heterocycles. The van der Waals surface area contributed by atoms with E-state index in [1.807, 2.05) is 0 Å². The predicted octanol–water partition coefficient (Wildman–Crippen LogP) is 3.30. The van der Waals surface area contributed by atoms with Crippen molar-refractivity contribution in [3.8, 4) is 0 Å². The number of carbonyl (C=O) groups is 1. The summed E-state index contributed by atoms with van der Waals surface area (Å²) in [5.41, 5.74) is 6.95. The molecule has 2 rings (SSSR count). The molecule has 1 aromatic rings. The lowest BCUT2D eigenvalue weighted by molar-refractivity contribution is -0.199. The molecule has 0 radical (unpaired) electrons. The van der Waals surface area contributed by atoms with Crippen LogP contribution in [-0.4, -0.2) is 18.5 Å². The van der Waals surface area contributed by atoms with E-state index in [-0.39, 0.29) is 11.9 Å². The highest BCUT2D eigenvalue weighted by Gasteiger charge is 2.17. The van der Waals surface area contributed by atoms with Gasteiger partial charge in [-0.3, -0.25) is 14.6 Å². The summed E-state index contributed by atoms with van der Waals surface area (Å²) >= 11 is 9.41. The Morgan fingerprint density at radius 1 is 1.41 bits per heavy atom. The van der Waals surface area contributed by atoms with Gasteiger partial charge in [-0.2, -0.15) is 0 Å². The summed E-state index contributed by atoms with van der Waals surface area (Å²) in [5, 5.41) is 3.36. The van der Waals surface area contributed by atoms with Crippen molar-refractivity contribution in [3.63, 3.8) is 0 Å². The van der Waals surface area contributed by atoms with Crippen molar-refractivity contribution in [3.05, 3.63) is 57.4 Å². The number of hydrogen-bond donors (Lipinski definition) is 2. The molecule has 0 aliphatic carbocycles. The quantitative estimate of drug-likeness (QED) is 0.735. The zero-order valence-electron chi connectivity index (χ0n) is 11.7. The van der Waals surface area contributed by atoms with Gasteiger partial charge in [0.05, 0.1) is 10.6 Å². The SMILES string of the molecule is NCCC(CC1=COOC=C1)NC(=O)c1cc(Br)ccc1Cl. The summed E-state index contributed by atoms with van der Waals surface area (Å²) < 4.78 is 0.792. The largest absolute Gasteiger partial charge is 0.349 e. The maximum absolute atomic E-state index is 12.4. The highest BCUT2D eigenvalue weighted by Crippen LogP contribution is 2.21. The Morgan fingerprint density at radius 3 is 2.91 bits per heavy atom. The van der Waals surface area contributed by atoms with Gasteiger partial charge in [-0.05, 0) is 49.2 Å². The highest BCUT2D eigenvalue weighted by molar-refractivity contribution is 9.10. The number of carbonyl (C=O) groups excluding carboxylic acids is 1. The fraction of sp³-hybridized carbons (Fsp3) is 0.267. The minimum Gasteiger partial charge on any atom is -0.349 e. The summed E-state index contributed by atoms with van der Waals surface area (Å²) in [7, 11) is 0. The Bertz CT molecular complexity index is 604. The molecule has 1 heterocycles. The van der Waals surface area contributed by atoms with Crippen LogP contribution >= 0.6 is 27.5 Å². The summed E-state index contributed by atoms with van der Waals surface area (Å²) in [6.45, 7) is 0.464. The van der Waals surface area contributed by atoms with Gasteiger partial charge < -0.3 is 11.1 Å². The summed E-state index contributed by atoms with van der Waals surface area (Å²) in [5.74, 6) is -0.234. The van der Waals surface area contributed by atoms with Gasteiger partial charge >= 0.3 is 0 Å². The molecule has 118 valence electrons. The lowest BCUT2D eigenvalue weighted by Gasteiger charge is -2.19. The lowest BCUT2D eigenvalue weighted by Crippen LogP contribution is -2.36. The van der Waals surface area contributed by atoms with E-state index in [0.717, 1.165) is 10.0 Å². The van der Waals surface area contributed by atoms with Crippen LogP contribution in [0.2, 0.25) is 5.02 Å². The molecule has 1 unspecified atom stereocenters. The summed E-state index contributed by atoms with van der Waals surface area (Å²) in [4.78, 5) is 21.8. The maximum Gasteiger partial charge on any atom is 0.253 e. The van der Waals surface area contributed by atoms with Crippen molar-refractivity contribution in [2.45, 2.75) is 18.9 Å². The van der Waals surface area contributed by atoms with Crippen molar-refractivity contribution < 1.29 is 14.6 Å². The molecule has 5 nitrogen and oxygen atoms in total. The summed E-state index contributed by atoms with van der Waals surface area (Å²) in [6.07, 6.45) is 5.96. The van der Waals surface area contributed by atoms with E-state index in [2.05, 4.69) is 26.1 Å². The fourth-order valence-corrected chi connectivity index (χ4v) is 2.60. The molecule has 3 N–H and O–H groups in total. The van der Waals surface area contributed by atoms with E-state index in [1.54, 1.807) is 24.3 Å². The second-order valence-corrected chi connectivity index (χ2v) is 6.09. The minimum atomic E-state index is -0.234. The van der Waals surface area contributed by atoms with E-state index in [0.29, 0.717) is 30.0 Å². The van der Waals surface area contributed by atoms with Crippen LogP contribution in [0.15, 0.2) is 46.8 Å². The number of nitrogens with one attached hydrogen (secondary N) is 1. The Kier molecular flexibility index (Phi) is 6.30. The summed E-state index contributed by atoms with van der Waals surface area (Å²) in [6, 6.07) is 5.03. The van der Waals surface area contributed by atoms with Gasteiger partial charge in [0.1, 0.15) is 12.5 Å². The third-order valence-corrected chi connectivity index (χ3v) is 3.92. The van der Waals surface area contributed by atoms with Crippen LogP contribution in [0.3, 0.4) is 0 Å². The van der Waals surface area contributed by atoms with Crippen molar-refractivity contribution in [2.24, 2.45) is 5.73 Å². The Labute approximate surface area is 142 Å². The van der Waals surface area contributed by atoms with Gasteiger partial charge in [-0.1, -0.05) is 27.5 Å². The van der Waals surface area contributed by atoms with Crippen LogP contribution < -0.4 is 11.1 Å². The number of halogens is 2. The predicted molar refractivity (Wildman–Crippen MR) is 88.1 cm³/mol. The Morgan fingerprint density at radius 2 is 2.23 bits per heavy atom. The normalized spacial score (nSPS) is 14.6. The molecule has 0 saturated carbocycles. The molecular formula is C15H16BrClN2O3. The second-order valence-electron chi connectivity index (χ2n) is 4.76. The minimum absolute atomic E-state index is 0.120. The third-order valence-electron chi connectivity index (χ3n) is 3.10. The van der Waals surface area contributed by atoms with Crippen molar-refractivity contribution in [1.29, 1.82) is 0 Å². The van der Waals surface area contributed by atoms with Gasteiger partial charge in [-0.25, -0.2) is 0 Å². The molecule has 0 fully saturated rings. The van der Waals surface area contributed by atoms with E-state index < -0.39 is 0 Å². The number of benzene rings is 1. The molecule has 0 spiro atoms. The molecule has 1 atom stereocenters. The first kappa shape index (κ1) is 16.9. The zero-order valence-corrected chi connectivity index (χ0v) is 14.1. The monoisotopic (exact) mass is 386 g/mol. The van der Waals surface area contributed by atoms with Crippen molar-refractivity contribution >= 4 is 33.4 Å². The third kappa shape index (κ3) is 4.76. The number of allylic oxidation sites excluding steroid dienone is 1. The molecule has 0 aromatic heterocycles. The molecule has 1 aromatic carbocycles. The lowest BCUT2D eigenvalue weighted by atomic mass is 10.0. The first-order valence-electron chi connectivity index (χ1n) is 6.74. The van der Waals surface area contributed by atoms with Crippen molar-refractivity contribution in [2.75, 3.05) is 6.54 Å².